The van der Waals surface area contributed by atoms with Gasteiger partial charge in [0.1, 0.15) is 17.6 Å². The standard InChI is InChI=1S/C41H49F3N8O2/c1-3-33(53)51-21-40(22-51)13-16-49(17-14-40)38-30-18-29(25-5-6-25)35(34-24(2)4-11-32-31(34)19-45-48-32)37(54-23-41(42,43)44)36(30)46-39(47-38)50-15-12-28(20-50)52-26-7-8-27(52)10-9-26/h3-4,11,18-19,25-28,33,53H,1,5-10,12-17,20-23H2,2H3,(H,45,48)/t26?,27?,28-,33?/m1/s1. The fourth-order valence-corrected chi connectivity index (χ4v) is 10.7. The van der Waals surface area contributed by atoms with Gasteiger partial charge in [-0.25, -0.2) is 4.98 Å². The van der Waals surface area contributed by atoms with Crippen LogP contribution in [0, 0.1) is 12.3 Å². The zero-order valence-corrected chi connectivity index (χ0v) is 30.9. The van der Waals surface area contributed by atoms with E-state index in [4.69, 9.17) is 14.7 Å². The highest BCUT2D eigenvalue weighted by Gasteiger charge is 2.48. The van der Waals surface area contributed by atoms with Crippen LogP contribution in [0.1, 0.15) is 74.8 Å². The van der Waals surface area contributed by atoms with E-state index in [1.165, 1.54) is 25.7 Å². The third-order valence-corrected chi connectivity index (χ3v) is 13.6. The second-order valence-corrected chi connectivity index (χ2v) is 17.0. The summed E-state index contributed by atoms with van der Waals surface area (Å²) in [6.45, 7) is 9.11. The zero-order chi connectivity index (χ0) is 36.9. The molecule has 13 heteroatoms. The van der Waals surface area contributed by atoms with Crippen LogP contribution in [0.15, 0.2) is 37.1 Å². The van der Waals surface area contributed by atoms with Crippen LogP contribution in [-0.2, 0) is 0 Å². The fraction of sp³-hybridized carbons (Fsp3) is 0.585. The summed E-state index contributed by atoms with van der Waals surface area (Å²) in [5.74, 6) is 1.73. The van der Waals surface area contributed by atoms with Crippen molar-refractivity contribution in [2.45, 2.75) is 101 Å². The van der Waals surface area contributed by atoms with Crippen LogP contribution >= 0.6 is 0 Å². The lowest BCUT2D eigenvalue weighted by atomic mass is 9.72. The number of aromatic nitrogens is 4. The van der Waals surface area contributed by atoms with E-state index in [1.54, 1.807) is 12.3 Å². The molecule has 1 saturated carbocycles. The molecule has 1 spiro atoms. The first-order valence-electron chi connectivity index (χ1n) is 19.9. The Kier molecular flexibility index (Phi) is 8.19. The molecule has 2 aromatic heterocycles. The number of likely N-dealkylation sites (tertiary alicyclic amines) is 1. The summed E-state index contributed by atoms with van der Waals surface area (Å²) < 4.78 is 48.6. The number of piperidine rings is 1. The number of hydrogen-bond acceptors (Lipinski definition) is 9. The number of aromatic amines is 1. The molecule has 4 aromatic rings. The number of alkyl halides is 3. The lowest BCUT2D eigenvalue weighted by molar-refractivity contribution is -0.153. The molecular weight excluding hydrogens is 693 g/mol. The number of halogens is 3. The van der Waals surface area contributed by atoms with Gasteiger partial charge in [-0.15, -0.1) is 0 Å². The molecule has 286 valence electrons. The van der Waals surface area contributed by atoms with Gasteiger partial charge >= 0.3 is 6.18 Å². The minimum atomic E-state index is -4.54. The monoisotopic (exact) mass is 742 g/mol. The van der Waals surface area contributed by atoms with Crippen LogP contribution in [0.25, 0.3) is 32.9 Å². The van der Waals surface area contributed by atoms with Crippen LogP contribution < -0.4 is 14.5 Å². The van der Waals surface area contributed by atoms with Gasteiger partial charge in [0.2, 0.25) is 5.95 Å². The van der Waals surface area contributed by atoms with E-state index >= 15 is 0 Å². The van der Waals surface area contributed by atoms with E-state index in [1.807, 2.05) is 24.0 Å². The first kappa shape index (κ1) is 34.5. The Labute approximate surface area is 313 Å². The van der Waals surface area contributed by atoms with Crippen LogP contribution in [0.3, 0.4) is 0 Å². The molecule has 2 N–H and O–H groups in total. The topological polar surface area (TPSA) is 96.9 Å². The molecule has 0 amide bonds. The number of nitrogens with one attached hydrogen (secondary N) is 1. The molecule has 6 fully saturated rings. The minimum absolute atomic E-state index is 0.123. The molecule has 2 atom stereocenters. The second-order valence-electron chi connectivity index (χ2n) is 17.0. The van der Waals surface area contributed by atoms with Crippen molar-refractivity contribution in [1.29, 1.82) is 0 Å². The van der Waals surface area contributed by atoms with Gasteiger partial charge in [0.05, 0.1) is 11.7 Å². The fourth-order valence-electron chi connectivity index (χ4n) is 10.7. The van der Waals surface area contributed by atoms with Gasteiger partial charge in [-0.3, -0.25) is 14.9 Å². The van der Waals surface area contributed by atoms with Crippen LogP contribution in [-0.4, -0.2) is 111 Å². The Hall–Kier alpha value is -3.94. The van der Waals surface area contributed by atoms with E-state index in [9.17, 15) is 18.3 Å². The molecule has 7 heterocycles. The van der Waals surface area contributed by atoms with E-state index in [0.29, 0.717) is 35.2 Å². The summed E-state index contributed by atoms with van der Waals surface area (Å²) >= 11 is 0. The van der Waals surface area contributed by atoms with Gasteiger partial charge < -0.3 is 19.6 Å². The predicted molar refractivity (Wildman–Crippen MR) is 203 cm³/mol. The molecule has 10 nitrogen and oxygen atoms in total. The highest BCUT2D eigenvalue weighted by atomic mass is 19.4. The highest BCUT2D eigenvalue weighted by molar-refractivity contribution is 6.06. The first-order valence-corrected chi connectivity index (χ1v) is 19.9. The van der Waals surface area contributed by atoms with E-state index in [2.05, 4.69) is 37.5 Å². The van der Waals surface area contributed by atoms with Crippen LogP contribution in [0.5, 0.6) is 5.75 Å². The van der Waals surface area contributed by atoms with Gasteiger partial charge in [0, 0.05) is 73.7 Å². The first-order chi connectivity index (χ1) is 26.1. The number of anilines is 2. The Balaban J connectivity index is 1.12. The van der Waals surface area contributed by atoms with Crippen LogP contribution in [0.2, 0.25) is 0 Å². The average Bonchev–Trinajstić information content (AvgIpc) is 3.47. The third kappa shape index (κ3) is 5.83. The number of aliphatic hydroxyl groups is 1. The Morgan fingerprint density at radius 1 is 0.963 bits per heavy atom. The molecule has 5 aliphatic heterocycles. The number of aryl methyl sites for hydroxylation is 1. The van der Waals surface area contributed by atoms with Gasteiger partial charge in [-0.2, -0.15) is 23.3 Å². The summed E-state index contributed by atoms with van der Waals surface area (Å²) in [5, 5.41) is 19.3. The van der Waals surface area contributed by atoms with Gasteiger partial charge in [-0.1, -0.05) is 12.6 Å². The number of aliphatic hydroxyl groups excluding tert-OH is 1. The SMILES string of the molecule is C=CC(O)N1CC2(CCN(c3nc(N4CC[C@@H](N5C6CCC5CC6)C4)nc4c(OCC(F)(F)F)c(-c5c(C)ccc6[nH]ncc56)c(C5CC5)cc34)CC2)C1. The summed E-state index contributed by atoms with van der Waals surface area (Å²) in [5.41, 5.74) is 4.84. The van der Waals surface area contributed by atoms with Crippen LogP contribution in [0.4, 0.5) is 24.9 Å². The summed E-state index contributed by atoms with van der Waals surface area (Å²) in [6, 6.07) is 7.87. The molecule has 6 aliphatic rings. The smallest absolute Gasteiger partial charge is 0.422 e. The van der Waals surface area contributed by atoms with Crippen molar-refractivity contribution in [3.63, 3.8) is 0 Å². The quantitative estimate of drug-likeness (QED) is 0.178. The Morgan fingerprint density at radius 2 is 1.70 bits per heavy atom. The van der Waals surface area contributed by atoms with Crippen molar-refractivity contribution < 1.29 is 23.0 Å². The third-order valence-electron chi connectivity index (χ3n) is 13.6. The molecule has 2 bridgehead atoms. The number of ether oxygens (including phenoxy) is 1. The summed E-state index contributed by atoms with van der Waals surface area (Å²) in [6.07, 6.45) is 8.05. The maximum Gasteiger partial charge on any atom is 0.422 e. The maximum atomic E-state index is 14.2. The number of fused-ring (bicyclic) bond motifs is 4. The summed E-state index contributed by atoms with van der Waals surface area (Å²) in [4.78, 5) is 20.0. The number of rotatable bonds is 9. The molecular formula is C41H49F3N8O2. The maximum absolute atomic E-state index is 14.2. The van der Waals surface area contributed by atoms with Crippen molar-refractivity contribution in [3.05, 3.63) is 48.2 Å². The number of nitrogens with zero attached hydrogens (tertiary/aromatic N) is 7. The average molecular weight is 743 g/mol. The lowest BCUT2D eigenvalue weighted by Crippen LogP contribution is -2.62. The second kappa shape index (κ2) is 12.8. The molecule has 10 rings (SSSR count). The highest BCUT2D eigenvalue weighted by Crippen LogP contribution is 2.54. The van der Waals surface area contributed by atoms with Gasteiger partial charge in [0.15, 0.2) is 12.4 Å². The normalized spacial score (nSPS) is 26.4. The molecule has 2 aromatic carbocycles. The molecule has 5 saturated heterocycles. The molecule has 0 radical (unpaired) electrons. The van der Waals surface area contributed by atoms with E-state index < -0.39 is 19.0 Å². The van der Waals surface area contributed by atoms with Crippen molar-refractivity contribution in [1.82, 2.24) is 30.0 Å². The van der Waals surface area contributed by atoms with Crippen molar-refractivity contribution in [2.24, 2.45) is 5.41 Å². The van der Waals surface area contributed by atoms with Crippen molar-refractivity contribution >= 4 is 33.6 Å². The van der Waals surface area contributed by atoms with E-state index in [0.717, 1.165) is 110 Å². The minimum Gasteiger partial charge on any atom is -0.481 e. The summed E-state index contributed by atoms with van der Waals surface area (Å²) in [7, 11) is 0. The molecule has 1 unspecified atom stereocenters. The van der Waals surface area contributed by atoms with Gasteiger partial charge in [-0.05, 0) is 111 Å². The van der Waals surface area contributed by atoms with Crippen molar-refractivity contribution in [3.8, 4) is 16.9 Å². The molecule has 54 heavy (non-hydrogen) atoms. The number of hydrogen-bond donors (Lipinski definition) is 2. The largest absolute Gasteiger partial charge is 0.481 e. The Bertz CT molecular complexity index is 2080. The van der Waals surface area contributed by atoms with Gasteiger partial charge in [0.25, 0.3) is 0 Å². The Morgan fingerprint density at radius 3 is 2.39 bits per heavy atom. The number of benzene rings is 2. The van der Waals surface area contributed by atoms with E-state index in [-0.39, 0.29) is 17.1 Å². The van der Waals surface area contributed by atoms with Crippen molar-refractivity contribution in [2.75, 3.05) is 55.7 Å². The zero-order valence-electron chi connectivity index (χ0n) is 30.9. The number of H-pyrrole nitrogens is 1. The molecule has 1 aliphatic carbocycles. The lowest BCUT2D eigenvalue weighted by Gasteiger charge is -2.55. The predicted octanol–water partition coefficient (Wildman–Crippen LogP) is 6.91.